The molecule has 184 valence electrons. The van der Waals surface area contributed by atoms with Gasteiger partial charge < -0.3 is 9.80 Å². The van der Waals surface area contributed by atoms with Gasteiger partial charge in [-0.3, -0.25) is 4.79 Å². The van der Waals surface area contributed by atoms with E-state index in [0.717, 1.165) is 25.1 Å². The van der Waals surface area contributed by atoms with Crippen LogP contribution >= 0.6 is 0 Å². The molecule has 4 heterocycles. The van der Waals surface area contributed by atoms with E-state index in [4.69, 9.17) is 0 Å². The lowest BCUT2D eigenvalue weighted by Crippen LogP contribution is -2.55. The molecule has 1 amide bonds. The van der Waals surface area contributed by atoms with Gasteiger partial charge in [-0.1, -0.05) is 0 Å². The van der Waals surface area contributed by atoms with Crippen molar-refractivity contribution >= 4 is 11.7 Å². The summed E-state index contributed by atoms with van der Waals surface area (Å²) in [5.74, 6) is 0.850. The molecule has 3 aromatic rings. The van der Waals surface area contributed by atoms with E-state index in [1.807, 2.05) is 0 Å². The molecule has 0 bridgehead atoms. The molecule has 0 unspecified atom stereocenters. The first-order valence-corrected chi connectivity index (χ1v) is 11.2. The van der Waals surface area contributed by atoms with E-state index < -0.39 is 29.9 Å². The van der Waals surface area contributed by atoms with Gasteiger partial charge in [0.05, 0.1) is 30.5 Å². The van der Waals surface area contributed by atoms with Crippen molar-refractivity contribution in [2.24, 2.45) is 0 Å². The Morgan fingerprint density at radius 1 is 1.03 bits per heavy atom. The van der Waals surface area contributed by atoms with Crippen LogP contribution in [0.1, 0.15) is 41.1 Å². The van der Waals surface area contributed by atoms with E-state index in [2.05, 4.69) is 25.0 Å². The normalized spacial score (nSPS) is 20.7. The van der Waals surface area contributed by atoms with Crippen molar-refractivity contribution in [1.29, 1.82) is 0 Å². The van der Waals surface area contributed by atoms with Crippen molar-refractivity contribution < 1.29 is 22.4 Å². The number of anilines is 1. The lowest BCUT2D eigenvalue weighted by atomic mass is 10.00. The highest BCUT2D eigenvalue weighted by Crippen LogP contribution is 2.35. The molecular weight excluding hydrogens is 468 g/mol. The monoisotopic (exact) mass is 490 g/mol. The third-order valence-electron chi connectivity index (χ3n) is 6.14. The first-order valence-electron chi connectivity index (χ1n) is 11.2. The fraction of sp³-hybridized carbons (Fsp3) is 0.455. The standard InChI is InChI=1S/C22H22F4N8O/c1-13-30-12-33(31-13)20-10-27-17(9-29-20)21(35)34(15-3-4-15)18-6-7-32(11-16(18)23)19-5-2-14(8-28-19)22(24,25)26/h2,5,8-10,12,15-16,18H,3-4,6-7,11H2,1H3/t16-,18+/m0/s1. The number of amides is 1. The number of piperidine rings is 1. The van der Waals surface area contributed by atoms with Gasteiger partial charge in [-0.15, -0.1) is 0 Å². The van der Waals surface area contributed by atoms with Gasteiger partial charge in [0.2, 0.25) is 0 Å². The Morgan fingerprint density at radius 3 is 2.34 bits per heavy atom. The molecule has 1 saturated carbocycles. The average molecular weight is 490 g/mol. The van der Waals surface area contributed by atoms with Crippen LogP contribution in [0.5, 0.6) is 0 Å². The summed E-state index contributed by atoms with van der Waals surface area (Å²) in [5, 5.41) is 4.15. The van der Waals surface area contributed by atoms with E-state index in [0.29, 0.717) is 24.6 Å². The van der Waals surface area contributed by atoms with Crippen molar-refractivity contribution in [3.05, 3.63) is 54.1 Å². The van der Waals surface area contributed by atoms with Crippen LogP contribution in [0, 0.1) is 6.92 Å². The van der Waals surface area contributed by atoms with Gasteiger partial charge in [0.25, 0.3) is 5.91 Å². The zero-order valence-electron chi connectivity index (χ0n) is 18.7. The molecule has 13 heteroatoms. The van der Waals surface area contributed by atoms with E-state index >= 15 is 4.39 Å². The molecule has 2 atom stereocenters. The minimum absolute atomic E-state index is 0.0686. The van der Waals surface area contributed by atoms with E-state index in [1.54, 1.807) is 16.7 Å². The molecule has 5 rings (SSSR count). The van der Waals surface area contributed by atoms with Gasteiger partial charge >= 0.3 is 6.18 Å². The maximum Gasteiger partial charge on any atom is 0.417 e. The molecule has 1 saturated heterocycles. The Hall–Kier alpha value is -3.64. The fourth-order valence-electron chi connectivity index (χ4n) is 4.23. The van der Waals surface area contributed by atoms with Crippen LogP contribution in [0.3, 0.4) is 0 Å². The first kappa shape index (κ1) is 23.1. The zero-order valence-corrected chi connectivity index (χ0v) is 18.7. The predicted molar refractivity (Wildman–Crippen MR) is 116 cm³/mol. The molecule has 0 radical (unpaired) electrons. The number of alkyl halides is 4. The second kappa shape index (κ2) is 8.86. The summed E-state index contributed by atoms with van der Waals surface area (Å²) in [6, 6.07) is 1.44. The summed E-state index contributed by atoms with van der Waals surface area (Å²) in [5.41, 5.74) is -0.749. The number of hydrogen-bond acceptors (Lipinski definition) is 7. The lowest BCUT2D eigenvalue weighted by molar-refractivity contribution is -0.137. The van der Waals surface area contributed by atoms with Crippen molar-refractivity contribution in [3.63, 3.8) is 0 Å². The molecule has 35 heavy (non-hydrogen) atoms. The van der Waals surface area contributed by atoms with Gasteiger partial charge in [0.1, 0.15) is 29.8 Å². The number of aryl methyl sites for hydroxylation is 1. The SMILES string of the molecule is Cc1ncn(-c2cnc(C(=O)N(C3CC3)[C@@H]3CCN(c4ccc(C(F)(F)F)cn4)C[C@@H]3F)cn2)n1. The Kier molecular flexibility index (Phi) is 5.85. The Bertz CT molecular complexity index is 1190. The van der Waals surface area contributed by atoms with Crippen molar-refractivity contribution in [1.82, 2.24) is 34.6 Å². The van der Waals surface area contributed by atoms with E-state index in [1.165, 1.54) is 29.5 Å². The summed E-state index contributed by atoms with van der Waals surface area (Å²) in [6.45, 7) is 2.02. The molecule has 0 N–H and O–H groups in total. The molecule has 1 aliphatic carbocycles. The Morgan fingerprint density at radius 2 is 1.80 bits per heavy atom. The summed E-state index contributed by atoms with van der Waals surface area (Å²) < 4.78 is 55.2. The van der Waals surface area contributed by atoms with Gasteiger partial charge in [-0.2, -0.15) is 18.3 Å². The van der Waals surface area contributed by atoms with Crippen LogP contribution < -0.4 is 4.90 Å². The number of nitrogens with zero attached hydrogens (tertiary/aromatic N) is 8. The molecule has 1 aliphatic heterocycles. The zero-order chi connectivity index (χ0) is 24.7. The summed E-state index contributed by atoms with van der Waals surface area (Å²) in [6.07, 6.45) is 0.991. The smallest absolute Gasteiger partial charge is 0.354 e. The van der Waals surface area contributed by atoms with Gasteiger partial charge in [0.15, 0.2) is 5.82 Å². The molecular formula is C22H22F4N8O. The molecule has 0 aromatic carbocycles. The largest absolute Gasteiger partial charge is 0.417 e. The highest BCUT2D eigenvalue weighted by Gasteiger charge is 2.44. The molecule has 0 spiro atoms. The number of pyridine rings is 1. The van der Waals surface area contributed by atoms with Gasteiger partial charge in [0, 0.05) is 18.8 Å². The van der Waals surface area contributed by atoms with Crippen LogP contribution in [0.2, 0.25) is 0 Å². The van der Waals surface area contributed by atoms with Crippen LogP contribution in [-0.4, -0.2) is 71.9 Å². The summed E-state index contributed by atoms with van der Waals surface area (Å²) in [4.78, 5) is 32.8. The predicted octanol–water partition coefficient (Wildman–Crippen LogP) is 3.00. The van der Waals surface area contributed by atoms with Crippen molar-refractivity contribution in [2.75, 3.05) is 18.0 Å². The lowest BCUT2D eigenvalue weighted by Gasteiger charge is -2.41. The Labute approximate surface area is 197 Å². The second-order valence-electron chi connectivity index (χ2n) is 8.66. The minimum atomic E-state index is -4.48. The van der Waals surface area contributed by atoms with Crippen LogP contribution in [0.15, 0.2) is 37.1 Å². The van der Waals surface area contributed by atoms with Crippen LogP contribution in [0.25, 0.3) is 5.82 Å². The topological polar surface area (TPSA) is 92.9 Å². The average Bonchev–Trinajstić information content (AvgIpc) is 3.58. The molecule has 2 aliphatic rings. The number of hydrogen-bond donors (Lipinski definition) is 0. The highest BCUT2D eigenvalue weighted by molar-refractivity contribution is 5.92. The van der Waals surface area contributed by atoms with Crippen molar-refractivity contribution in [3.8, 4) is 5.82 Å². The number of rotatable bonds is 5. The molecule has 3 aromatic heterocycles. The van der Waals surface area contributed by atoms with E-state index in [9.17, 15) is 18.0 Å². The first-order chi connectivity index (χ1) is 16.7. The van der Waals surface area contributed by atoms with Crippen LogP contribution in [0.4, 0.5) is 23.4 Å². The Balaban J connectivity index is 1.29. The van der Waals surface area contributed by atoms with Crippen molar-refractivity contribution in [2.45, 2.75) is 50.6 Å². The van der Waals surface area contributed by atoms with E-state index in [-0.39, 0.29) is 24.1 Å². The highest BCUT2D eigenvalue weighted by atomic mass is 19.4. The number of aromatic nitrogens is 6. The minimum Gasteiger partial charge on any atom is -0.354 e. The fourth-order valence-corrected chi connectivity index (χ4v) is 4.23. The second-order valence-corrected chi connectivity index (χ2v) is 8.66. The summed E-state index contributed by atoms with van der Waals surface area (Å²) >= 11 is 0. The van der Waals surface area contributed by atoms with Crippen LogP contribution in [-0.2, 0) is 6.18 Å². The number of carbonyl (C=O) groups is 1. The van der Waals surface area contributed by atoms with Gasteiger partial charge in [-0.25, -0.2) is 29.0 Å². The quantitative estimate of drug-likeness (QED) is 0.508. The maximum absolute atomic E-state index is 15.4. The third kappa shape index (κ3) is 4.80. The number of carbonyl (C=O) groups excluding carboxylic acids is 1. The number of halogens is 4. The summed E-state index contributed by atoms with van der Waals surface area (Å²) in [7, 11) is 0. The third-order valence-corrected chi connectivity index (χ3v) is 6.14. The van der Waals surface area contributed by atoms with Gasteiger partial charge in [-0.05, 0) is 38.3 Å². The molecule has 2 fully saturated rings. The maximum atomic E-state index is 15.4. The molecule has 9 nitrogen and oxygen atoms in total.